The molecule has 2 heterocycles. The number of nitrogens with zero attached hydrogens (tertiary/aromatic N) is 2. The van der Waals surface area contributed by atoms with Crippen LogP contribution in [0, 0.1) is 0 Å². The van der Waals surface area contributed by atoms with E-state index in [1.165, 1.54) is 11.8 Å². The highest BCUT2D eigenvalue weighted by atomic mass is 32.2. The largest absolute Gasteiger partial charge is 0.497 e. The first kappa shape index (κ1) is 17.5. The molecule has 2 aromatic carbocycles. The number of ketones is 1. The number of rotatable bonds is 6. The summed E-state index contributed by atoms with van der Waals surface area (Å²) in [4.78, 5) is 21.8. The van der Waals surface area contributed by atoms with E-state index in [0.29, 0.717) is 16.2 Å². The van der Waals surface area contributed by atoms with Crippen molar-refractivity contribution in [3.8, 4) is 5.75 Å². The number of methoxy groups -OCH3 is 1. The van der Waals surface area contributed by atoms with Gasteiger partial charge in [-0.15, -0.1) is 0 Å². The third-order valence-corrected chi connectivity index (χ3v) is 5.26. The summed E-state index contributed by atoms with van der Waals surface area (Å²) in [5.74, 6) is 1.78. The quantitative estimate of drug-likeness (QED) is 0.269. The summed E-state index contributed by atoms with van der Waals surface area (Å²) in [6, 6.07) is 14.9. The monoisotopic (exact) mass is 378 g/mol. The van der Waals surface area contributed by atoms with E-state index in [4.69, 9.17) is 9.15 Å². The third-order valence-electron chi connectivity index (χ3n) is 4.30. The molecular formula is C21H18N2O3S. The molecule has 136 valence electrons. The van der Waals surface area contributed by atoms with Gasteiger partial charge in [-0.25, -0.2) is 9.97 Å². The minimum absolute atomic E-state index is 0.0311. The van der Waals surface area contributed by atoms with Crippen LogP contribution in [-0.2, 0) is 6.42 Å². The molecule has 5 nitrogen and oxygen atoms in total. The summed E-state index contributed by atoms with van der Waals surface area (Å²) in [5.41, 5.74) is 2.87. The molecule has 0 aliphatic heterocycles. The van der Waals surface area contributed by atoms with Crippen molar-refractivity contribution in [1.82, 2.24) is 9.97 Å². The molecule has 0 aliphatic carbocycles. The van der Waals surface area contributed by atoms with Crippen LogP contribution in [0.25, 0.3) is 22.1 Å². The van der Waals surface area contributed by atoms with E-state index >= 15 is 0 Å². The minimum atomic E-state index is 0.0311. The molecule has 4 rings (SSSR count). The Labute approximate surface area is 160 Å². The van der Waals surface area contributed by atoms with Crippen molar-refractivity contribution in [3.05, 3.63) is 59.9 Å². The number of hydrogen-bond acceptors (Lipinski definition) is 6. The van der Waals surface area contributed by atoms with Gasteiger partial charge in [0, 0.05) is 17.4 Å². The van der Waals surface area contributed by atoms with Crippen LogP contribution < -0.4 is 4.74 Å². The molecule has 0 fully saturated rings. The van der Waals surface area contributed by atoms with Gasteiger partial charge in [-0.2, -0.15) is 0 Å². The van der Waals surface area contributed by atoms with Crippen molar-refractivity contribution in [2.24, 2.45) is 0 Å². The predicted octanol–water partition coefficient (Wildman–Crippen LogP) is 4.92. The topological polar surface area (TPSA) is 65.2 Å². The number of aryl methyl sites for hydroxylation is 1. The number of carbonyl (C=O) groups is 1. The van der Waals surface area contributed by atoms with Crippen LogP contribution in [0.4, 0.5) is 0 Å². The van der Waals surface area contributed by atoms with Crippen LogP contribution in [-0.4, -0.2) is 28.6 Å². The fourth-order valence-corrected chi connectivity index (χ4v) is 3.73. The maximum absolute atomic E-state index is 12.5. The van der Waals surface area contributed by atoms with Crippen molar-refractivity contribution in [1.29, 1.82) is 0 Å². The number of aromatic nitrogens is 2. The van der Waals surface area contributed by atoms with Crippen LogP contribution in [0.5, 0.6) is 5.75 Å². The Kier molecular flexibility index (Phi) is 4.81. The Morgan fingerprint density at radius 3 is 2.63 bits per heavy atom. The molecule has 0 atom stereocenters. The first-order valence-corrected chi connectivity index (χ1v) is 9.66. The summed E-state index contributed by atoms with van der Waals surface area (Å²) in [6.45, 7) is 2.01. The lowest BCUT2D eigenvalue weighted by Gasteiger charge is -2.05. The Balaban J connectivity index is 1.65. The molecule has 0 bridgehead atoms. The lowest BCUT2D eigenvalue weighted by atomic mass is 10.1. The molecule has 2 aromatic heterocycles. The molecule has 0 radical (unpaired) electrons. The average molecular weight is 378 g/mol. The van der Waals surface area contributed by atoms with E-state index < -0.39 is 0 Å². The van der Waals surface area contributed by atoms with E-state index in [1.807, 2.05) is 31.2 Å². The van der Waals surface area contributed by atoms with Gasteiger partial charge in [-0.3, -0.25) is 4.79 Å². The van der Waals surface area contributed by atoms with Gasteiger partial charge in [0.1, 0.15) is 27.7 Å². The lowest BCUT2D eigenvalue weighted by molar-refractivity contribution is 0.102. The molecule has 0 unspecified atom stereocenters. The zero-order valence-electron chi connectivity index (χ0n) is 15.1. The zero-order valence-corrected chi connectivity index (χ0v) is 15.9. The summed E-state index contributed by atoms with van der Waals surface area (Å²) >= 11 is 1.38. The fourth-order valence-electron chi connectivity index (χ4n) is 2.86. The zero-order chi connectivity index (χ0) is 18.8. The molecule has 0 spiro atoms. The van der Waals surface area contributed by atoms with Gasteiger partial charge in [-0.05, 0) is 36.4 Å². The number of ether oxygens (including phenoxy) is 1. The number of thioether (sulfide) groups is 1. The van der Waals surface area contributed by atoms with Crippen LogP contribution >= 0.6 is 11.8 Å². The Hall–Kier alpha value is -2.86. The number of benzene rings is 2. The molecule has 27 heavy (non-hydrogen) atoms. The van der Waals surface area contributed by atoms with E-state index in [-0.39, 0.29) is 11.5 Å². The first-order chi connectivity index (χ1) is 13.2. The van der Waals surface area contributed by atoms with E-state index in [2.05, 4.69) is 9.97 Å². The second-order valence-corrected chi connectivity index (χ2v) is 6.98. The third kappa shape index (κ3) is 3.40. The molecule has 6 heteroatoms. The van der Waals surface area contributed by atoms with Crippen LogP contribution in [0.15, 0.2) is 58.0 Å². The van der Waals surface area contributed by atoms with Gasteiger partial charge in [-0.1, -0.05) is 30.8 Å². The van der Waals surface area contributed by atoms with Gasteiger partial charge < -0.3 is 9.15 Å². The van der Waals surface area contributed by atoms with E-state index in [9.17, 15) is 4.79 Å². The summed E-state index contributed by atoms with van der Waals surface area (Å²) in [5, 5.41) is 1.67. The minimum Gasteiger partial charge on any atom is -0.497 e. The number of furan rings is 1. The number of carbonyl (C=O) groups excluding carboxylic acids is 1. The Morgan fingerprint density at radius 1 is 1.11 bits per heavy atom. The van der Waals surface area contributed by atoms with Crippen LogP contribution in [0.1, 0.15) is 23.1 Å². The van der Waals surface area contributed by atoms with Crippen LogP contribution in [0.2, 0.25) is 0 Å². The predicted molar refractivity (Wildman–Crippen MR) is 107 cm³/mol. The number of para-hydroxylation sites is 1. The summed E-state index contributed by atoms with van der Waals surface area (Å²) in [7, 11) is 1.60. The number of Topliss-reactive ketones (excluding diaryl/α,β-unsaturated/α-hetero) is 1. The normalized spacial score (nSPS) is 11.2. The standard InChI is InChI=1S/C21H18N2O3S/c1-3-18-22-19-15-6-4-5-7-17(15)26-20(19)21(23-18)27-12-16(24)13-8-10-14(25-2)11-9-13/h4-11H,3,12H2,1-2H3. The Bertz CT molecular complexity index is 1120. The molecule has 4 aromatic rings. The second kappa shape index (κ2) is 7.40. The molecule has 0 saturated heterocycles. The highest BCUT2D eigenvalue weighted by Gasteiger charge is 2.17. The fraction of sp³-hybridized carbons (Fsp3) is 0.190. The van der Waals surface area contributed by atoms with Crippen molar-refractivity contribution in [2.45, 2.75) is 18.4 Å². The SMILES string of the molecule is CCc1nc(SCC(=O)c2ccc(OC)cc2)c2oc3ccccc3c2n1. The summed E-state index contributed by atoms with van der Waals surface area (Å²) in [6.07, 6.45) is 0.718. The maximum Gasteiger partial charge on any atom is 0.186 e. The van der Waals surface area contributed by atoms with Crippen molar-refractivity contribution in [2.75, 3.05) is 12.9 Å². The molecule has 0 N–H and O–H groups in total. The molecular weight excluding hydrogens is 360 g/mol. The van der Waals surface area contributed by atoms with Gasteiger partial charge >= 0.3 is 0 Å². The maximum atomic E-state index is 12.5. The van der Waals surface area contributed by atoms with E-state index in [0.717, 1.165) is 34.5 Å². The Morgan fingerprint density at radius 2 is 1.89 bits per heavy atom. The second-order valence-electron chi connectivity index (χ2n) is 6.01. The van der Waals surface area contributed by atoms with Crippen molar-refractivity contribution in [3.63, 3.8) is 0 Å². The first-order valence-electron chi connectivity index (χ1n) is 8.67. The average Bonchev–Trinajstić information content (AvgIpc) is 3.10. The smallest absolute Gasteiger partial charge is 0.186 e. The van der Waals surface area contributed by atoms with E-state index in [1.54, 1.807) is 31.4 Å². The molecule has 0 saturated carbocycles. The number of fused-ring (bicyclic) bond motifs is 3. The summed E-state index contributed by atoms with van der Waals surface area (Å²) < 4.78 is 11.1. The van der Waals surface area contributed by atoms with Gasteiger partial charge in [0.2, 0.25) is 0 Å². The van der Waals surface area contributed by atoms with Gasteiger partial charge in [0.25, 0.3) is 0 Å². The highest BCUT2D eigenvalue weighted by Crippen LogP contribution is 2.33. The van der Waals surface area contributed by atoms with Crippen LogP contribution in [0.3, 0.4) is 0 Å². The van der Waals surface area contributed by atoms with Gasteiger partial charge in [0.05, 0.1) is 12.9 Å². The van der Waals surface area contributed by atoms with Crippen molar-refractivity contribution >= 4 is 39.6 Å². The van der Waals surface area contributed by atoms with Crippen molar-refractivity contribution < 1.29 is 13.9 Å². The number of hydrogen-bond donors (Lipinski definition) is 0. The highest BCUT2D eigenvalue weighted by molar-refractivity contribution is 8.00. The molecule has 0 amide bonds. The van der Waals surface area contributed by atoms with Gasteiger partial charge in [0.15, 0.2) is 11.4 Å². The molecule has 0 aliphatic rings. The lowest BCUT2D eigenvalue weighted by Crippen LogP contribution is -2.03.